The Morgan fingerprint density at radius 1 is 1.03 bits per heavy atom. The van der Waals surface area contributed by atoms with Gasteiger partial charge >= 0.3 is 0 Å². The van der Waals surface area contributed by atoms with E-state index in [1.807, 2.05) is 18.2 Å². The summed E-state index contributed by atoms with van der Waals surface area (Å²) in [5.74, 6) is 1.48. The molecule has 1 aliphatic rings. The second-order valence-corrected chi connectivity index (χ2v) is 9.70. The highest BCUT2D eigenvalue weighted by atomic mass is 16.5. The molecule has 2 nitrogen and oxygen atoms in total. The predicted molar refractivity (Wildman–Crippen MR) is 130 cm³/mol. The smallest absolute Gasteiger partial charge is 0.163 e. The first-order valence-corrected chi connectivity index (χ1v) is 12.0. The zero-order chi connectivity index (χ0) is 22.3. The van der Waals surface area contributed by atoms with Crippen LogP contribution in [0.25, 0.3) is 5.57 Å². The number of rotatable bonds is 10. The van der Waals surface area contributed by atoms with E-state index in [0.29, 0.717) is 18.9 Å². The van der Waals surface area contributed by atoms with Crippen molar-refractivity contribution in [3.8, 4) is 5.75 Å². The van der Waals surface area contributed by atoms with Crippen molar-refractivity contribution >= 4 is 11.4 Å². The maximum Gasteiger partial charge on any atom is 0.163 e. The summed E-state index contributed by atoms with van der Waals surface area (Å²) in [6, 6.07) is 16.7. The summed E-state index contributed by atoms with van der Waals surface area (Å²) in [6.07, 6.45) is 9.93. The van der Waals surface area contributed by atoms with Crippen molar-refractivity contribution in [1.82, 2.24) is 0 Å². The summed E-state index contributed by atoms with van der Waals surface area (Å²) >= 11 is 0. The number of unbranched alkanes of at least 4 members (excludes halogenated alkanes) is 3. The predicted octanol–water partition coefficient (Wildman–Crippen LogP) is 7.90. The average Bonchev–Trinajstić information content (AvgIpc) is 2.77. The molecule has 0 fully saturated rings. The normalized spacial score (nSPS) is 16.8. The third-order valence-corrected chi connectivity index (χ3v) is 6.52. The van der Waals surface area contributed by atoms with Crippen LogP contribution in [0.5, 0.6) is 5.75 Å². The van der Waals surface area contributed by atoms with Crippen LogP contribution in [-0.4, -0.2) is 5.78 Å². The standard InChI is InChI=1S/C29H38O2/c1-5-6-7-11-18-29(3,4)24-15-16-25(26-19-22(2)14-17-27(26)30)28(20-24)31-21-23-12-9-8-10-13-23/h8-10,12-13,15-16,19-20,22H,5-7,11,14,17-18,21H2,1-4H3. The van der Waals surface area contributed by atoms with Crippen molar-refractivity contribution in [3.63, 3.8) is 0 Å². The summed E-state index contributed by atoms with van der Waals surface area (Å²) in [5, 5.41) is 0. The molecule has 0 spiro atoms. The molecule has 0 N–H and O–H groups in total. The van der Waals surface area contributed by atoms with E-state index in [-0.39, 0.29) is 11.2 Å². The molecule has 2 aromatic rings. The number of hydrogen-bond donors (Lipinski definition) is 0. The Morgan fingerprint density at radius 2 is 1.81 bits per heavy atom. The third-order valence-electron chi connectivity index (χ3n) is 6.52. The van der Waals surface area contributed by atoms with Gasteiger partial charge in [-0.15, -0.1) is 0 Å². The second kappa shape index (κ2) is 10.8. The Balaban J connectivity index is 1.90. The highest BCUT2D eigenvalue weighted by Gasteiger charge is 2.25. The lowest BCUT2D eigenvalue weighted by molar-refractivity contribution is -0.114. The zero-order valence-electron chi connectivity index (χ0n) is 19.7. The average molecular weight is 419 g/mol. The fourth-order valence-corrected chi connectivity index (χ4v) is 4.35. The quantitative estimate of drug-likeness (QED) is 0.367. The maximum atomic E-state index is 12.7. The van der Waals surface area contributed by atoms with E-state index in [2.05, 4.69) is 64.1 Å². The van der Waals surface area contributed by atoms with E-state index in [9.17, 15) is 4.79 Å². The molecule has 1 aliphatic carbocycles. The molecule has 31 heavy (non-hydrogen) atoms. The monoisotopic (exact) mass is 418 g/mol. The van der Waals surface area contributed by atoms with Crippen LogP contribution in [-0.2, 0) is 16.8 Å². The zero-order valence-corrected chi connectivity index (χ0v) is 19.7. The molecule has 166 valence electrons. The number of ketones is 1. The van der Waals surface area contributed by atoms with Crippen LogP contribution in [0.4, 0.5) is 0 Å². The summed E-state index contributed by atoms with van der Waals surface area (Å²) < 4.78 is 6.35. The SMILES string of the molecule is CCCCCCC(C)(C)c1ccc(C2=CC(C)CCC2=O)c(OCc2ccccc2)c1. The molecule has 0 saturated heterocycles. The van der Waals surface area contributed by atoms with Gasteiger partial charge in [-0.3, -0.25) is 4.79 Å². The van der Waals surface area contributed by atoms with Crippen molar-refractivity contribution in [2.75, 3.05) is 0 Å². The highest BCUT2D eigenvalue weighted by molar-refractivity contribution is 6.22. The van der Waals surface area contributed by atoms with Crippen molar-refractivity contribution in [2.45, 2.75) is 84.7 Å². The Bertz CT molecular complexity index is 892. The van der Waals surface area contributed by atoms with Crippen LogP contribution in [0.15, 0.2) is 54.6 Å². The fraction of sp³-hybridized carbons (Fsp3) is 0.483. The Morgan fingerprint density at radius 3 is 2.55 bits per heavy atom. The molecule has 0 heterocycles. The lowest BCUT2D eigenvalue weighted by Gasteiger charge is -2.27. The van der Waals surface area contributed by atoms with Crippen molar-refractivity contribution in [3.05, 3.63) is 71.3 Å². The molecule has 0 amide bonds. The van der Waals surface area contributed by atoms with Gasteiger partial charge in [-0.05, 0) is 41.4 Å². The van der Waals surface area contributed by atoms with Crippen LogP contribution in [0, 0.1) is 5.92 Å². The van der Waals surface area contributed by atoms with E-state index in [4.69, 9.17) is 4.74 Å². The van der Waals surface area contributed by atoms with E-state index >= 15 is 0 Å². The van der Waals surface area contributed by atoms with Gasteiger partial charge in [-0.2, -0.15) is 0 Å². The number of carbonyl (C=O) groups is 1. The summed E-state index contributed by atoms with van der Waals surface area (Å²) in [6.45, 7) is 9.59. The molecular formula is C29H38O2. The van der Waals surface area contributed by atoms with Crippen molar-refractivity contribution in [2.24, 2.45) is 5.92 Å². The van der Waals surface area contributed by atoms with Gasteiger partial charge in [-0.1, -0.05) is 102 Å². The van der Waals surface area contributed by atoms with Gasteiger partial charge in [0.25, 0.3) is 0 Å². The maximum absolute atomic E-state index is 12.7. The van der Waals surface area contributed by atoms with Gasteiger partial charge in [0.15, 0.2) is 5.78 Å². The molecule has 0 aliphatic heterocycles. The molecule has 2 heteroatoms. The first-order valence-electron chi connectivity index (χ1n) is 12.0. The highest BCUT2D eigenvalue weighted by Crippen LogP contribution is 2.38. The second-order valence-electron chi connectivity index (χ2n) is 9.70. The van der Waals surface area contributed by atoms with E-state index in [0.717, 1.165) is 35.3 Å². The Kier molecular flexibility index (Phi) is 8.12. The van der Waals surface area contributed by atoms with E-state index < -0.39 is 0 Å². The number of benzene rings is 2. The van der Waals surface area contributed by atoms with Crippen LogP contribution in [0.2, 0.25) is 0 Å². The minimum Gasteiger partial charge on any atom is -0.488 e. The number of hydrogen-bond acceptors (Lipinski definition) is 2. The largest absolute Gasteiger partial charge is 0.488 e. The van der Waals surface area contributed by atoms with Gasteiger partial charge in [-0.25, -0.2) is 0 Å². The van der Waals surface area contributed by atoms with Crippen LogP contribution >= 0.6 is 0 Å². The summed E-state index contributed by atoms with van der Waals surface area (Å²) in [5.41, 5.74) is 4.27. The fourth-order valence-electron chi connectivity index (χ4n) is 4.35. The number of carbonyl (C=O) groups excluding carboxylic acids is 1. The Labute approximate surface area is 188 Å². The minimum atomic E-state index is 0.0787. The van der Waals surface area contributed by atoms with E-state index in [1.165, 1.54) is 31.2 Å². The first kappa shape index (κ1) is 23.3. The molecule has 0 radical (unpaired) electrons. The van der Waals surface area contributed by atoms with E-state index in [1.54, 1.807) is 0 Å². The molecular weight excluding hydrogens is 380 g/mol. The molecule has 1 unspecified atom stereocenters. The minimum absolute atomic E-state index is 0.0787. The van der Waals surface area contributed by atoms with Crippen LogP contribution in [0.1, 0.15) is 89.3 Å². The molecule has 3 rings (SSSR count). The summed E-state index contributed by atoms with van der Waals surface area (Å²) in [4.78, 5) is 12.7. The number of Topliss-reactive ketones (excluding diaryl/α,β-unsaturated/α-hetero) is 1. The van der Waals surface area contributed by atoms with Gasteiger partial charge in [0.2, 0.25) is 0 Å². The van der Waals surface area contributed by atoms with Gasteiger partial charge in [0.1, 0.15) is 12.4 Å². The van der Waals surface area contributed by atoms with Crippen molar-refractivity contribution < 1.29 is 9.53 Å². The van der Waals surface area contributed by atoms with Crippen LogP contribution in [0.3, 0.4) is 0 Å². The van der Waals surface area contributed by atoms with Gasteiger partial charge in [0, 0.05) is 17.6 Å². The first-order chi connectivity index (χ1) is 14.9. The molecule has 0 bridgehead atoms. The van der Waals surface area contributed by atoms with Gasteiger partial charge < -0.3 is 4.74 Å². The lowest BCUT2D eigenvalue weighted by Crippen LogP contribution is -2.18. The topological polar surface area (TPSA) is 26.3 Å². The number of allylic oxidation sites excluding steroid dienone is 2. The molecule has 2 aromatic carbocycles. The summed E-state index contributed by atoms with van der Waals surface area (Å²) in [7, 11) is 0. The van der Waals surface area contributed by atoms with Crippen molar-refractivity contribution in [1.29, 1.82) is 0 Å². The molecule has 0 saturated carbocycles. The van der Waals surface area contributed by atoms with Gasteiger partial charge in [0.05, 0.1) is 0 Å². The number of ether oxygens (including phenoxy) is 1. The third kappa shape index (κ3) is 6.32. The Hall–Kier alpha value is -2.35. The molecule has 0 aromatic heterocycles. The molecule has 1 atom stereocenters. The lowest BCUT2D eigenvalue weighted by atomic mass is 9.78. The van der Waals surface area contributed by atoms with Crippen LogP contribution < -0.4 is 4.74 Å².